The van der Waals surface area contributed by atoms with Crippen molar-refractivity contribution in [2.45, 2.75) is 13.3 Å². The number of nitriles is 1. The van der Waals surface area contributed by atoms with Crippen molar-refractivity contribution in [2.75, 3.05) is 20.7 Å². The molecule has 1 aromatic carbocycles. The lowest BCUT2D eigenvalue weighted by atomic mass is 10.2. The van der Waals surface area contributed by atoms with Crippen molar-refractivity contribution in [3.8, 4) is 23.5 Å². The monoisotopic (exact) mass is 529 g/mol. The van der Waals surface area contributed by atoms with Crippen LogP contribution in [0.2, 0.25) is 0 Å². The molecule has 4 aromatic rings. The summed E-state index contributed by atoms with van der Waals surface area (Å²) >= 11 is 3.42. The number of aryl methyl sites for hydroxylation is 1. The van der Waals surface area contributed by atoms with Gasteiger partial charge in [-0.2, -0.15) is 10.4 Å². The van der Waals surface area contributed by atoms with Gasteiger partial charge in [0.05, 0.1) is 21.1 Å². The zero-order valence-electron chi connectivity index (χ0n) is 18.3. The Bertz CT molecular complexity index is 1440. The highest BCUT2D eigenvalue weighted by Crippen LogP contribution is 2.32. The van der Waals surface area contributed by atoms with E-state index in [1.54, 1.807) is 37.7 Å². The maximum absolute atomic E-state index is 13.7. The molecule has 9 nitrogen and oxygen atoms in total. The van der Waals surface area contributed by atoms with E-state index in [-0.39, 0.29) is 29.6 Å². The molecule has 3 aromatic heterocycles. The molecule has 3 heterocycles. The summed E-state index contributed by atoms with van der Waals surface area (Å²) in [4.78, 5) is 22.1. The van der Waals surface area contributed by atoms with E-state index in [4.69, 9.17) is 10.00 Å². The molecule has 0 saturated heterocycles. The van der Waals surface area contributed by atoms with E-state index in [9.17, 15) is 13.6 Å². The lowest BCUT2D eigenvalue weighted by molar-refractivity contribution is -0.130. The average molecular weight is 530 g/mol. The summed E-state index contributed by atoms with van der Waals surface area (Å²) in [6.45, 7) is 1.50. The minimum atomic E-state index is -2.80. The van der Waals surface area contributed by atoms with Gasteiger partial charge in [-0.25, -0.2) is 23.4 Å². The number of pyridine rings is 1. The molecule has 0 saturated carbocycles. The van der Waals surface area contributed by atoms with Gasteiger partial charge in [0.2, 0.25) is 0 Å². The van der Waals surface area contributed by atoms with Gasteiger partial charge in [-0.1, -0.05) is 0 Å². The predicted molar refractivity (Wildman–Crippen MR) is 122 cm³/mol. The SMILES string of the molecule is Cc1cc(C#N)nn1-c1nc(-n2cnc3cc(Br)c(OCC(=O)N(C)C)cc32)ccc1C(F)F. The second-order valence-electron chi connectivity index (χ2n) is 7.54. The Balaban J connectivity index is 1.81. The molecule has 0 aliphatic rings. The molecule has 0 aliphatic carbocycles. The second kappa shape index (κ2) is 9.18. The molecule has 0 spiro atoms. The molecule has 0 atom stereocenters. The second-order valence-corrected chi connectivity index (χ2v) is 8.39. The first-order valence-corrected chi connectivity index (χ1v) is 10.7. The van der Waals surface area contributed by atoms with Gasteiger partial charge in [-0.15, -0.1) is 0 Å². The predicted octanol–water partition coefficient (Wildman–Crippen LogP) is 3.95. The van der Waals surface area contributed by atoms with Crippen LogP contribution in [-0.4, -0.2) is 55.8 Å². The van der Waals surface area contributed by atoms with Gasteiger partial charge in [0, 0.05) is 25.9 Å². The first kappa shape index (κ1) is 23.3. The largest absolute Gasteiger partial charge is 0.483 e. The van der Waals surface area contributed by atoms with Crippen molar-refractivity contribution >= 4 is 32.9 Å². The number of rotatable bonds is 6. The Labute approximate surface area is 201 Å². The summed E-state index contributed by atoms with van der Waals surface area (Å²) in [5, 5.41) is 13.2. The number of fused-ring (bicyclic) bond motifs is 1. The number of alkyl halides is 2. The number of ether oxygens (including phenoxy) is 1. The van der Waals surface area contributed by atoms with Crippen LogP contribution in [0.1, 0.15) is 23.4 Å². The lowest BCUT2D eigenvalue weighted by Gasteiger charge is -2.14. The fourth-order valence-electron chi connectivity index (χ4n) is 3.24. The van der Waals surface area contributed by atoms with E-state index in [2.05, 4.69) is 31.0 Å². The summed E-state index contributed by atoms with van der Waals surface area (Å²) in [5.41, 5.74) is 1.45. The number of amides is 1. The summed E-state index contributed by atoms with van der Waals surface area (Å²) in [6, 6.07) is 9.53. The summed E-state index contributed by atoms with van der Waals surface area (Å²) in [5.74, 6) is 0.433. The molecule has 0 N–H and O–H groups in total. The molecule has 0 radical (unpaired) electrons. The van der Waals surface area contributed by atoms with Gasteiger partial charge in [-0.3, -0.25) is 9.36 Å². The van der Waals surface area contributed by atoms with Crippen LogP contribution in [0.3, 0.4) is 0 Å². The average Bonchev–Trinajstić information content (AvgIpc) is 3.39. The maximum Gasteiger partial charge on any atom is 0.267 e. The summed E-state index contributed by atoms with van der Waals surface area (Å²) < 4.78 is 36.6. The molecule has 34 heavy (non-hydrogen) atoms. The fraction of sp³-hybridized carbons (Fsp3) is 0.227. The molecule has 0 fully saturated rings. The smallest absolute Gasteiger partial charge is 0.267 e. The minimum absolute atomic E-state index is 0.0847. The third-order valence-corrected chi connectivity index (χ3v) is 5.65. The molecule has 0 bridgehead atoms. The number of nitrogens with zero attached hydrogens (tertiary/aromatic N) is 7. The Morgan fingerprint density at radius 1 is 1.29 bits per heavy atom. The van der Waals surface area contributed by atoms with Crippen LogP contribution in [0.4, 0.5) is 8.78 Å². The first-order valence-electron chi connectivity index (χ1n) is 9.95. The molecule has 174 valence electrons. The minimum Gasteiger partial charge on any atom is -0.483 e. The number of carbonyl (C=O) groups excluding carboxylic acids is 1. The van der Waals surface area contributed by atoms with Gasteiger partial charge in [0.25, 0.3) is 12.3 Å². The third kappa shape index (κ3) is 4.34. The normalized spacial score (nSPS) is 11.1. The molecule has 4 rings (SSSR count). The van der Waals surface area contributed by atoms with Crippen molar-refractivity contribution < 1.29 is 18.3 Å². The van der Waals surface area contributed by atoms with Crippen LogP contribution in [0, 0.1) is 18.3 Å². The maximum atomic E-state index is 13.7. The number of carbonyl (C=O) groups is 1. The lowest BCUT2D eigenvalue weighted by Crippen LogP contribution is -2.27. The van der Waals surface area contributed by atoms with Gasteiger partial charge >= 0.3 is 0 Å². The van der Waals surface area contributed by atoms with E-state index >= 15 is 0 Å². The quantitative estimate of drug-likeness (QED) is 0.374. The van der Waals surface area contributed by atoms with E-state index in [1.165, 1.54) is 34.1 Å². The Morgan fingerprint density at radius 2 is 2.06 bits per heavy atom. The number of hydrogen-bond acceptors (Lipinski definition) is 6. The molecule has 12 heteroatoms. The van der Waals surface area contributed by atoms with Gasteiger partial charge in [0.15, 0.2) is 18.1 Å². The standard InChI is InChI=1S/C22H18BrF2N7O2/c1-12-6-13(9-26)29-32(12)22-14(21(24)25)4-5-19(28-22)31-11-27-16-7-15(23)18(8-17(16)31)34-10-20(33)30(2)3/h4-8,11,21H,10H2,1-3H3. The number of halogens is 3. The van der Waals surface area contributed by atoms with Crippen LogP contribution in [0.15, 0.2) is 41.1 Å². The number of benzene rings is 1. The Hall–Kier alpha value is -3.85. The van der Waals surface area contributed by atoms with Crippen molar-refractivity contribution in [1.29, 1.82) is 5.26 Å². The fourth-order valence-corrected chi connectivity index (χ4v) is 3.69. The molecule has 0 unspecified atom stereocenters. The summed E-state index contributed by atoms with van der Waals surface area (Å²) in [7, 11) is 3.26. The topological polar surface area (TPSA) is 102 Å². The van der Waals surface area contributed by atoms with E-state index in [1.807, 2.05) is 6.07 Å². The van der Waals surface area contributed by atoms with E-state index in [0.29, 0.717) is 32.8 Å². The van der Waals surface area contributed by atoms with Gasteiger partial charge in [-0.05, 0) is 47.1 Å². The van der Waals surface area contributed by atoms with Gasteiger partial charge in [0.1, 0.15) is 24.0 Å². The number of aromatic nitrogens is 5. The first-order chi connectivity index (χ1) is 16.2. The van der Waals surface area contributed by atoms with Crippen molar-refractivity contribution in [2.24, 2.45) is 0 Å². The highest BCUT2D eigenvalue weighted by molar-refractivity contribution is 9.10. The Kier molecular flexibility index (Phi) is 6.30. The Morgan fingerprint density at radius 3 is 2.71 bits per heavy atom. The zero-order chi connectivity index (χ0) is 24.6. The van der Waals surface area contributed by atoms with E-state index in [0.717, 1.165) is 0 Å². The molecular weight excluding hydrogens is 512 g/mol. The van der Waals surface area contributed by atoms with Gasteiger partial charge < -0.3 is 9.64 Å². The van der Waals surface area contributed by atoms with E-state index < -0.39 is 6.43 Å². The van der Waals surface area contributed by atoms with Crippen molar-refractivity contribution in [3.05, 3.63) is 58.1 Å². The molecule has 0 aliphatic heterocycles. The highest BCUT2D eigenvalue weighted by Gasteiger charge is 2.21. The van der Waals surface area contributed by atoms with Crippen LogP contribution >= 0.6 is 15.9 Å². The van der Waals surface area contributed by atoms with Crippen molar-refractivity contribution in [3.63, 3.8) is 0 Å². The summed E-state index contributed by atoms with van der Waals surface area (Å²) in [6.07, 6.45) is -1.29. The van der Waals surface area contributed by atoms with Crippen LogP contribution in [0.25, 0.3) is 22.7 Å². The number of hydrogen-bond donors (Lipinski definition) is 0. The van der Waals surface area contributed by atoms with Crippen LogP contribution in [0.5, 0.6) is 5.75 Å². The molecular formula is C22H18BrF2N7O2. The third-order valence-electron chi connectivity index (χ3n) is 5.03. The number of likely N-dealkylation sites (N-methyl/N-ethyl adjacent to an activating group) is 1. The molecule has 1 amide bonds. The van der Waals surface area contributed by atoms with Crippen LogP contribution < -0.4 is 4.74 Å². The highest BCUT2D eigenvalue weighted by atomic mass is 79.9. The van der Waals surface area contributed by atoms with Crippen LogP contribution in [-0.2, 0) is 4.79 Å². The van der Waals surface area contributed by atoms with Crippen molar-refractivity contribution in [1.82, 2.24) is 29.2 Å². The zero-order valence-corrected chi connectivity index (χ0v) is 19.9. The number of imidazole rings is 1.